The van der Waals surface area contributed by atoms with E-state index in [1.807, 2.05) is 11.8 Å². The van der Waals surface area contributed by atoms with Crippen LogP contribution in [0.3, 0.4) is 0 Å². The van der Waals surface area contributed by atoms with Crippen molar-refractivity contribution >= 4 is 17.7 Å². The third kappa shape index (κ3) is 2.34. The number of hydrogen-bond donors (Lipinski definition) is 1. The van der Waals surface area contributed by atoms with Crippen LogP contribution in [0.15, 0.2) is 0 Å². The summed E-state index contributed by atoms with van der Waals surface area (Å²) in [6.45, 7) is 6.36. The van der Waals surface area contributed by atoms with E-state index in [0.29, 0.717) is 23.1 Å². The lowest BCUT2D eigenvalue weighted by molar-refractivity contribution is -0.132. The van der Waals surface area contributed by atoms with E-state index in [9.17, 15) is 4.79 Å². The number of hydrogen-bond acceptors (Lipinski definition) is 3. The molecule has 0 aromatic heterocycles. The van der Waals surface area contributed by atoms with Crippen LogP contribution in [0.4, 0.5) is 0 Å². The summed E-state index contributed by atoms with van der Waals surface area (Å²) in [7, 11) is 0. The predicted molar refractivity (Wildman–Crippen MR) is 73.0 cm³/mol. The van der Waals surface area contributed by atoms with Gasteiger partial charge in [-0.25, -0.2) is 0 Å². The molecule has 98 valence electrons. The maximum absolute atomic E-state index is 12.5. The molecule has 0 bridgehead atoms. The van der Waals surface area contributed by atoms with E-state index in [4.69, 9.17) is 0 Å². The summed E-state index contributed by atoms with van der Waals surface area (Å²) in [5.41, 5.74) is 0. The molecule has 1 saturated carbocycles. The monoisotopic (exact) mass is 256 g/mol. The van der Waals surface area contributed by atoms with Crippen LogP contribution in [0.25, 0.3) is 0 Å². The van der Waals surface area contributed by atoms with Crippen molar-refractivity contribution in [2.45, 2.75) is 63.5 Å². The fourth-order valence-electron chi connectivity index (χ4n) is 3.19. The highest BCUT2D eigenvalue weighted by Crippen LogP contribution is 2.35. The Morgan fingerprint density at radius 3 is 2.65 bits per heavy atom. The van der Waals surface area contributed by atoms with E-state index in [-0.39, 0.29) is 12.2 Å². The van der Waals surface area contributed by atoms with Crippen molar-refractivity contribution in [3.63, 3.8) is 0 Å². The molecular formula is C13H24N2OS. The van der Waals surface area contributed by atoms with Crippen molar-refractivity contribution in [1.82, 2.24) is 10.2 Å². The molecule has 1 N–H and O–H groups in total. The summed E-state index contributed by atoms with van der Waals surface area (Å²) in [5, 5.41) is 4.08. The molecule has 4 heteroatoms. The third-order valence-electron chi connectivity index (χ3n) is 4.10. The van der Waals surface area contributed by atoms with Crippen molar-refractivity contribution in [3.05, 3.63) is 0 Å². The predicted octanol–water partition coefficient (Wildman–Crippen LogP) is 2.07. The number of nitrogens with zero attached hydrogens (tertiary/aromatic N) is 1. The maximum atomic E-state index is 12.5. The molecule has 1 saturated heterocycles. The summed E-state index contributed by atoms with van der Waals surface area (Å²) >= 11 is 1.92. The van der Waals surface area contributed by atoms with Crippen molar-refractivity contribution in [1.29, 1.82) is 0 Å². The second-order valence-electron chi connectivity index (χ2n) is 5.58. The Hall–Kier alpha value is -0.220. The topological polar surface area (TPSA) is 32.3 Å². The molecule has 2 fully saturated rings. The molecule has 0 aromatic carbocycles. The highest BCUT2D eigenvalue weighted by atomic mass is 32.2. The summed E-state index contributed by atoms with van der Waals surface area (Å²) in [4.78, 5) is 14.6. The van der Waals surface area contributed by atoms with Gasteiger partial charge in [-0.15, -0.1) is 0 Å². The molecule has 2 aliphatic rings. The number of rotatable bonds is 3. The van der Waals surface area contributed by atoms with E-state index in [2.05, 4.69) is 37.2 Å². The smallest absolute Gasteiger partial charge is 0.241 e. The van der Waals surface area contributed by atoms with Crippen molar-refractivity contribution in [3.8, 4) is 0 Å². The number of nitrogens with one attached hydrogen (secondary N) is 1. The first-order chi connectivity index (χ1) is 8.06. The second-order valence-corrected chi connectivity index (χ2v) is 6.66. The fraction of sp³-hybridized carbons (Fsp3) is 0.923. The van der Waals surface area contributed by atoms with Gasteiger partial charge in [0, 0.05) is 11.3 Å². The van der Waals surface area contributed by atoms with E-state index >= 15 is 0 Å². The van der Waals surface area contributed by atoms with Crippen LogP contribution in [-0.2, 0) is 4.79 Å². The summed E-state index contributed by atoms with van der Waals surface area (Å²) < 4.78 is 0. The Balaban J connectivity index is 2.13. The minimum absolute atomic E-state index is 0.0214. The number of thioether (sulfide) groups is 1. The molecule has 3 nitrogen and oxygen atoms in total. The van der Waals surface area contributed by atoms with E-state index in [1.165, 1.54) is 19.3 Å². The lowest BCUT2D eigenvalue weighted by Gasteiger charge is -2.31. The van der Waals surface area contributed by atoms with Gasteiger partial charge in [-0.1, -0.05) is 20.3 Å². The van der Waals surface area contributed by atoms with Gasteiger partial charge < -0.3 is 4.90 Å². The van der Waals surface area contributed by atoms with Crippen molar-refractivity contribution in [2.24, 2.45) is 5.92 Å². The van der Waals surface area contributed by atoms with Gasteiger partial charge in [-0.05, 0) is 31.9 Å². The first-order valence-electron chi connectivity index (χ1n) is 6.67. The van der Waals surface area contributed by atoms with Crippen LogP contribution in [0.1, 0.15) is 40.0 Å². The molecule has 17 heavy (non-hydrogen) atoms. The zero-order chi connectivity index (χ0) is 12.6. The van der Waals surface area contributed by atoms with Crippen LogP contribution in [0.5, 0.6) is 0 Å². The Kier molecular flexibility index (Phi) is 4.03. The largest absolute Gasteiger partial charge is 0.322 e. The highest BCUT2D eigenvalue weighted by Gasteiger charge is 2.44. The van der Waals surface area contributed by atoms with Crippen LogP contribution in [0.2, 0.25) is 0 Å². The zero-order valence-electron chi connectivity index (χ0n) is 11.3. The second kappa shape index (κ2) is 5.19. The van der Waals surface area contributed by atoms with Crippen LogP contribution in [-0.4, -0.2) is 40.6 Å². The van der Waals surface area contributed by atoms with Crippen LogP contribution in [0, 0.1) is 5.92 Å². The lowest BCUT2D eigenvalue weighted by atomic mass is 10.0. The van der Waals surface area contributed by atoms with E-state index in [1.54, 1.807) is 0 Å². The summed E-state index contributed by atoms with van der Waals surface area (Å²) in [6, 6.07) is 0.469. The Bertz CT molecular complexity index is 295. The SMILES string of the molecule is CSC1CCCC1N1C(=O)C(C(C)C)NC1C. The normalized spacial score (nSPS) is 38.4. The number of carbonyl (C=O) groups excluding carboxylic acids is 1. The molecule has 1 aliphatic heterocycles. The molecule has 2 rings (SSSR count). The molecule has 1 aliphatic carbocycles. The van der Waals surface area contributed by atoms with E-state index in [0.717, 1.165) is 0 Å². The van der Waals surface area contributed by atoms with Gasteiger partial charge in [-0.3, -0.25) is 10.1 Å². The Morgan fingerprint density at radius 2 is 2.12 bits per heavy atom. The zero-order valence-corrected chi connectivity index (χ0v) is 12.1. The average molecular weight is 256 g/mol. The Morgan fingerprint density at radius 1 is 1.41 bits per heavy atom. The fourth-order valence-corrected chi connectivity index (χ4v) is 4.17. The summed E-state index contributed by atoms with van der Waals surface area (Å²) in [6.07, 6.45) is 6.07. The highest BCUT2D eigenvalue weighted by molar-refractivity contribution is 7.99. The van der Waals surface area contributed by atoms with Gasteiger partial charge in [0.25, 0.3) is 0 Å². The quantitative estimate of drug-likeness (QED) is 0.839. The van der Waals surface area contributed by atoms with Crippen molar-refractivity contribution in [2.75, 3.05) is 6.26 Å². The van der Waals surface area contributed by atoms with Gasteiger partial charge in [0.05, 0.1) is 12.2 Å². The van der Waals surface area contributed by atoms with Crippen LogP contribution >= 0.6 is 11.8 Å². The first kappa shape index (κ1) is 13.2. The van der Waals surface area contributed by atoms with Gasteiger partial charge in [0.1, 0.15) is 0 Å². The number of carbonyl (C=O) groups is 1. The Labute approximate surface area is 109 Å². The molecular weight excluding hydrogens is 232 g/mol. The van der Waals surface area contributed by atoms with E-state index < -0.39 is 0 Å². The molecule has 0 spiro atoms. The minimum atomic E-state index is 0.0214. The van der Waals surface area contributed by atoms with Gasteiger partial charge in [0.2, 0.25) is 5.91 Å². The van der Waals surface area contributed by atoms with Crippen LogP contribution < -0.4 is 5.32 Å². The molecule has 4 atom stereocenters. The molecule has 0 radical (unpaired) electrons. The summed E-state index contributed by atoms with van der Waals surface area (Å²) in [5.74, 6) is 0.697. The molecule has 1 heterocycles. The standard InChI is InChI=1S/C13H24N2OS/c1-8(2)12-13(16)15(9(3)14-12)10-6-5-7-11(10)17-4/h8-12,14H,5-7H2,1-4H3. The van der Waals surface area contributed by atoms with Gasteiger partial charge >= 0.3 is 0 Å². The van der Waals surface area contributed by atoms with Gasteiger partial charge in [-0.2, -0.15) is 11.8 Å². The molecule has 1 amide bonds. The van der Waals surface area contributed by atoms with Crippen molar-refractivity contribution < 1.29 is 4.79 Å². The minimum Gasteiger partial charge on any atom is -0.322 e. The first-order valence-corrected chi connectivity index (χ1v) is 7.96. The molecule has 0 aromatic rings. The third-order valence-corrected chi connectivity index (χ3v) is 5.26. The number of amides is 1. The lowest BCUT2D eigenvalue weighted by Crippen LogP contribution is -2.46. The van der Waals surface area contributed by atoms with Gasteiger partial charge in [0.15, 0.2) is 0 Å². The maximum Gasteiger partial charge on any atom is 0.241 e. The average Bonchev–Trinajstić information content (AvgIpc) is 2.83. The molecule has 4 unspecified atom stereocenters.